The van der Waals surface area contributed by atoms with E-state index in [9.17, 15) is 18.0 Å². The molecule has 1 aromatic rings. The van der Waals surface area contributed by atoms with Crippen molar-refractivity contribution in [1.29, 1.82) is 0 Å². The minimum Gasteiger partial charge on any atom is -0.469 e. The summed E-state index contributed by atoms with van der Waals surface area (Å²) in [6.45, 7) is 0. The highest BCUT2D eigenvalue weighted by Gasteiger charge is 2.30. The second-order valence-electron chi connectivity index (χ2n) is 3.06. The van der Waals surface area contributed by atoms with E-state index in [2.05, 4.69) is 20.7 Å². The molecule has 0 saturated carbocycles. The molecule has 0 aliphatic carbocycles. The van der Waals surface area contributed by atoms with Crippen LogP contribution in [0, 0.1) is 0 Å². The summed E-state index contributed by atoms with van der Waals surface area (Å²) in [4.78, 5) is 10.9. The number of carbonyl (C=O) groups excluding carboxylic acids is 1. The molecule has 0 bridgehead atoms. The molecule has 0 atom stereocenters. The smallest absolute Gasteiger partial charge is 0.416 e. The molecule has 0 radical (unpaired) electrons. The van der Waals surface area contributed by atoms with Gasteiger partial charge < -0.3 is 4.74 Å². The topological polar surface area (TPSA) is 26.3 Å². The maximum Gasteiger partial charge on any atom is 0.416 e. The van der Waals surface area contributed by atoms with Gasteiger partial charge in [0.05, 0.1) is 19.1 Å². The van der Waals surface area contributed by atoms with Crippen LogP contribution in [0.25, 0.3) is 0 Å². The van der Waals surface area contributed by atoms with E-state index in [-0.39, 0.29) is 10.9 Å². The lowest BCUT2D eigenvalue weighted by atomic mass is 10.1. The van der Waals surface area contributed by atoms with Crippen LogP contribution >= 0.6 is 15.9 Å². The van der Waals surface area contributed by atoms with Gasteiger partial charge in [-0.15, -0.1) is 0 Å². The van der Waals surface area contributed by atoms with E-state index in [1.165, 1.54) is 13.2 Å². The molecule has 0 unspecified atom stereocenters. The number of esters is 1. The number of carbonyl (C=O) groups is 1. The monoisotopic (exact) mass is 296 g/mol. The first-order valence-corrected chi connectivity index (χ1v) is 5.06. The summed E-state index contributed by atoms with van der Waals surface area (Å²) in [6, 6.07) is 3.13. The first kappa shape index (κ1) is 13.0. The minimum absolute atomic E-state index is 0.0603. The second kappa shape index (κ2) is 4.86. The van der Waals surface area contributed by atoms with Crippen LogP contribution < -0.4 is 0 Å². The molecule has 0 aromatic heterocycles. The lowest BCUT2D eigenvalue weighted by Gasteiger charge is -2.09. The first-order chi connectivity index (χ1) is 7.34. The van der Waals surface area contributed by atoms with E-state index in [1.54, 1.807) is 0 Å². The SMILES string of the molecule is COC(=O)Cc1ccc(C(F)(F)F)cc1Br. The molecule has 6 heteroatoms. The van der Waals surface area contributed by atoms with Crippen LogP contribution in [0.1, 0.15) is 11.1 Å². The highest BCUT2D eigenvalue weighted by atomic mass is 79.9. The molecule has 1 aromatic carbocycles. The number of hydrogen-bond acceptors (Lipinski definition) is 2. The molecule has 0 fully saturated rings. The minimum atomic E-state index is -4.38. The molecule has 16 heavy (non-hydrogen) atoms. The van der Waals surface area contributed by atoms with Crippen molar-refractivity contribution in [3.63, 3.8) is 0 Å². The highest BCUT2D eigenvalue weighted by molar-refractivity contribution is 9.10. The summed E-state index contributed by atoms with van der Waals surface area (Å²) in [5, 5.41) is 0. The maximum absolute atomic E-state index is 12.3. The van der Waals surface area contributed by atoms with E-state index in [0.717, 1.165) is 12.1 Å². The Labute approximate surface area is 98.5 Å². The zero-order chi connectivity index (χ0) is 12.3. The van der Waals surface area contributed by atoms with Crippen LogP contribution in [-0.4, -0.2) is 13.1 Å². The van der Waals surface area contributed by atoms with Gasteiger partial charge in [-0.05, 0) is 17.7 Å². The number of ether oxygens (including phenoxy) is 1. The normalized spacial score (nSPS) is 11.3. The van der Waals surface area contributed by atoms with Crippen molar-refractivity contribution in [3.05, 3.63) is 33.8 Å². The lowest BCUT2D eigenvalue weighted by molar-refractivity contribution is -0.139. The van der Waals surface area contributed by atoms with Gasteiger partial charge in [-0.25, -0.2) is 0 Å². The third-order valence-electron chi connectivity index (χ3n) is 1.94. The number of benzene rings is 1. The number of methoxy groups -OCH3 is 1. The van der Waals surface area contributed by atoms with Gasteiger partial charge in [0.2, 0.25) is 0 Å². The van der Waals surface area contributed by atoms with Gasteiger partial charge in [-0.3, -0.25) is 4.79 Å². The Morgan fingerprint density at radius 1 is 1.44 bits per heavy atom. The summed E-state index contributed by atoms with van der Waals surface area (Å²) in [6.07, 6.45) is -4.44. The molecule has 0 heterocycles. The Kier molecular flexibility index (Phi) is 3.96. The van der Waals surface area contributed by atoms with Crippen LogP contribution in [0.2, 0.25) is 0 Å². The average molecular weight is 297 g/mol. The van der Waals surface area contributed by atoms with Gasteiger partial charge in [0.25, 0.3) is 0 Å². The third kappa shape index (κ3) is 3.23. The number of halogens is 4. The van der Waals surface area contributed by atoms with Crippen molar-refractivity contribution < 1.29 is 22.7 Å². The van der Waals surface area contributed by atoms with Gasteiger partial charge in [0, 0.05) is 4.47 Å². The summed E-state index contributed by atoms with van der Waals surface area (Å²) >= 11 is 2.99. The molecule has 88 valence electrons. The fourth-order valence-corrected chi connectivity index (χ4v) is 1.61. The average Bonchev–Trinajstić information content (AvgIpc) is 2.19. The molecule has 0 aliphatic rings. The van der Waals surface area contributed by atoms with Crippen LogP contribution in [0.3, 0.4) is 0 Å². The van der Waals surface area contributed by atoms with E-state index in [1.807, 2.05) is 0 Å². The molecule has 0 amide bonds. The van der Waals surface area contributed by atoms with Crippen LogP contribution in [-0.2, 0) is 22.1 Å². The summed E-state index contributed by atoms with van der Waals surface area (Å²) in [5.74, 6) is -0.500. The predicted molar refractivity (Wildman–Crippen MR) is 54.9 cm³/mol. The first-order valence-electron chi connectivity index (χ1n) is 4.27. The number of alkyl halides is 3. The van der Waals surface area contributed by atoms with Gasteiger partial charge in [-0.1, -0.05) is 22.0 Å². The molecular formula is C10H8BrF3O2. The lowest BCUT2D eigenvalue weighted by Crippen LogP contribution is -2.08. The number of hydrogen-bond donors (Lipinski definition) is 0. The molecule has 0 N–H and O–H groups in total. The fraction of sp³-hybridized carbons (Fsp3) is 0.300. The Balaban J connectivity index is 2.96. The summed E-state index contributed by atoms with van der Waals surface area (Å²) in [5.41, 5.74) is -0.298. The van der Waals surface area contributed by atoms with Crippen molar-refractivity contribution in [3.8, 4) is 0 Å². The van der Waals surface area contributed by atoms with Gasteiger partial charge in [-0.2, -0.15) is 13.2 Å². The van der Waals surface area contributed by atoms with Crippen LogP contribution in [0.4, 0.5) is 13.2 Å². The maximum atomic E-state index is 12.3. The Morgan fingerprint density at radius 3 is 2.50 bits per heavy atom. The van der Waals surface area contributed by atoms with Crippen molar-refractivity contribution in [2.45, 2.75) is 12.6 Å². The van der Waals surface area contributed by atoms with Gasteiger partial charge in [0.15, 0.2) is 0 Å². The van der Waals surface area contributed by atoms with Crippen molar-refractivity contribution in [1.82, 2.24) is 0 Å². The fourth-order valence-electron chi connectivity index (χ4n) is 1.09. The van der Waals surface area contributed by atoms with Gasteiger partial charge >= 0.3 is 12.1 Å². The van der Waals surface area contributed by atoms with E-state index in [4.69, 9.17) is 0 Å². The zero-order valence-electron chi connectivity index (χ0n) is 8.27. The summed E-state index contributed by atoms with van der Waals surface area (Å²) < 4.78 is 41.6. The Morgan fingerprint density at radius 2 is 2.06 bits per heavy atom. The van der Waals surface area contributed by atoms with E-state index < -0.39 is 17.7 Å². The quantitative estimate of drug-likeness (QED) is 0.784. The molecule has 0 aliphatic heterocycles. The molecule has 0 saturated heterocycles. The third-order valence-corrected chi connectivity index (χ3v) is 2.68. The highest BCUT2D eigenvalue weighted by Crippen LogP contribution is 2.32. The van der Waals surface area contributed by atoms with Crippen molar-refractivity contribution in [2.75, 3.05) is 7.11 Å². The van der Waals surface area contributed by atoms with Gasteiger partial charge in [0.1, 0.15) is 0 Å². The molecule has 2 nitrogen and oxygen atoms in total. The standard InChI is InChI=1S/C10H8BrF3O2/c1-16-9(15)4-6-2-3-7(5-8(6)11)10(12,13)14/h2-3,5H,4H2,1H3. The van der Waals surface area contributed by atoms with E-state index in [0.29, 0.717) is 5.56 Å². The van der Waals surface area contributed by atoms with Crippen molar-refractivity contribution >= 4 is 21.9 Å². The largest absolute Gasteiger partial charge is 0.469 e. The van der Waals surface area contributed by atoms with Crippen LogP contribution in [0.15, 0.2) is 22.7 Å². The zero-order valence-corrected chi connectivity index (χ0v) is 9.85. The predicted octanol–water partition coefficient (Wildman–Crippen LogP) is 3.18. The molecule has 0 spiro atoms. The Hall–Kier alpha value is -1.04. The summed E-state index contributed by atoms with van der Waals surface area (Å²) in [7, 11) is 1.22. The van der Waals surface area contributed by atoms with E-state index >= 15 is 0 Å². The molecule has 1 rings (SSSR count). The Bertz CT molecular complexity index is 402. The second-order valence-corrected chi connectivity index (χ2v) is 3.91. The van der Waals surface area contributed by atoms with Crippen LogP contribution in [0.5, 0.6) is 0 Å². The van der Waals surface area contributed by atoms with Crippen molar-refractivity contribution in [2.24, 2.45) is 0 Å². The molecular weight excluding hydrogens is 289 g/mol. The number of rotatable bonds is 2.